The molecule has 2 rings (SSSR count). The lowest BCUT2D eigenvalue weighted by Crippen LogP contribution is -2.23. The van der Waals surface area contributed by atoms with Gasteiger partial charge in [-0.05, 0) is 12.1 Å². The highest BCUT2D eigenvalue weighted by Crippen LogP contribution is 2.18. The summed E-state index contributed by atoms with van der Waals surface area (Å²) in [4.78, 5) is 26.9. The van der Waals surface area contributed by atoms with Gasteiger partial charge in [0, 0.05) is 12.5 Å². The molecule has 0 atom stereocenters. The first kappa shape index (κ1) is 16.9. The van der Waals surface area contributed by atoms with Crippen LogP contribution >= 0.6 is 11.3 Å². The number of thiazole rings is 1. The summed E-state index contributed by atoms with van der Waals surface area (Å²) in [6, 6.07) is 6.88. The number of nitrogens with one attached hydrogen (secondary N) is 1. The Morgan fingerprint density at radius 2 is 2.09 bits per heavy atom. The van der Waals surface area contributed by atoms with E-state index in [-0.39, 0.29) is 18.1 Å². The van der Waals surface area contributed by atoms with Crippen LogP contribution in [0.25, 0.3) is 0 Å². The van der Waals surface area contributed by atoms with Gasteiger partial charge < -0.3 is 19.9 Å². The summed E-state index contributed by atoms with van der Waals surface area (Å²) < 4.78 is 10.4. The van der Waals surface area contributed by atoms with Crippen molar-refractivity contribution in [3.63, 3.8) is 0 Å². The minimum absolute atomic E-state index is 0.0254. The Kier molecular flexibility index (Phi) is 6.07. The molecule has 0 saturated heterocycles. The normalized spacial score (nSPS) is 10.3. The molecule has 8 heteroatoms. The largest absolute Gasteiger partial charge is 0.490 e. The summed E-state index contributed by atoms with van der Waals surface area (Å²) in [5.74, 6) is -0.937. The molecule has 7 nitrogen and oxygen atoms in total. The predicted octanol–water partition coefficient (Wildman–Crippen LogP) is 1.80. The molecule has 0 aliphatic rings. The fourth-order valence-electron chi connectivity index (χ4n) is 1.76. The average molecular weight is 336 g/mol. The fourth-order valence-corrected chi connectivity index (χ4v) is 2.46. The minimum atomic E-state index is -1.09. The van der Waals surface area contributed by atoms with Gasteiger partial charge in [-0.15, -0.1) is 11.3 Å². The van der Waals surface area contributed by atoms with Gasteiger partial charge >= 0.3 is 5.97 Å². The fraction of sp³-hybridized carbons (Fsp3) is 0.267. The molecule has 0 bridgehead atoms. The van der Waals surface area contributed by atoms with Crippen LogP contribution in [0.3, 0.4) is 0 Å². The number of carboxylic acids is 1. The van der Waals surface area contributed by atoms with E-state index in [1.165, 1.54) is 16.7 Å². The van der Waals surface area contributed by atoms with Crippen LogP contribution in [0.5, 0.6) is 5.75 Å². The van der Waals surface area contributed by atoms with Crippen molar-refractivity contribution in [1.82, 2.24) is 10.3 Å². The molecule has 0 unspecified atom stereocenters. The van der Waals surface area contributed by atoms with Crippen LogP contribution in [0.2, 0.25) is 0 Å². The number of aromatic carboxylic acids is 1. The number of methoxy groups -OCH3 is 1. The Hall–Kier alpha value is -2.45. The lowest BCUT2D eigenvalue weighted by molar-refractivity contribution is 0.0691. The van der Waals surface area contributed by atoms with E-state index in [2.05, 4.69) is 10.3 Å². The summed E-state index contributed by atoms with van der Waals surface area (Å²) in [7, 11) is 1.57. The van der Waals surface area contributed by atoms with Crippen molar-refractivity contribution in [2.24, 2.45) is 0 Å². The number of carboxylic acid groups (broad SMARTS) is 1. The van der Waals surface area contributed by atoms with E-state index in [1.54, 1.807) is 31.4 Å². The molecule has 1 heterocycles. The molecule has 0 aliphatic heterocycles. The number of hydrogen-bond acceptors (Lipinski definition) is 6. The number of ether oxygens (including phenoxy) is 2. The molecular weight excluding hydrogens is 320 g/mol. The maximum Gasteiger partial charge on any atom is 0.355 e. The minimum Gasteiger partial charge on any atom is -0.490 e. The molecular formula is C15H16N2O5S. The van der Waals surface area contributed by atoms with Crippen LogP contribution in [0.1, 0.15) is 25.9 Å². The molecule has 2 aromatic rings. The number of rotatable bonds is 8. The first-order valence-corrected chi connectivity index (χ1v) is 7.66. The van der Waals surface area contributed by atoms with E-state index in [4.69, 9.17) is 14.6 Å². The van der Waals surface area contributed by atoms with Crippen LogP contribution in [0, 0.1) is 0 Å². The predicted molar refractivity (Wildman–Crippen MR) is 84.1 cm³/mol. The van der Waals surface area contributed by atoms with E-state index < -0.39 is 5.97 Å². The van der Waals surface area contributed by atoms with Gasteiger partial charge in [-0.1, -0.05) is 12.1 Å². The van der Waals surface area contributed by atoms with Gasteiger partial charge in [0.05, 0.1) is 18.7 Å². The lowest BCUT2D eigenvalue weighted by Gasteiger charge is -2.10. The highest BCUT2D eigenvalue weighted by molar-refractivity contribution is 7.09. The third kappa shape index (κ3) is 4.76. The number of para-hydroxylation sites is 1. The molecule has 122 valence electrons. The Morgan fingerprint density at radius 1 is 1.30 bits per heavy atom. The zero-order valence-corrected chi connectivity index (χ0v) is 13.3. The number of aromatic nitrogens is 1. The summed E-state index contributed by atoms with van der Waals surface area (Å²) >= 11 is 1.18. The summed E-state index contributed by atoms with van der Waals surface area (Å²) in [6.45, 7) is 0.922. The zero-order valence-electron chi connectivity index (χ0n) is 12.4. The second-order valence-corrected chi connectivity index (χ2v) is 5.39. The quantitative estimate of drug-likeness (QED) is 0.713. The van der Waals surface area contributed by atoms with Crippen LogP contribution < -0.4 is 10.1 Å². The first-order valence-electron chi connectivity index (χ1n) is 6.78. The van der Waals surface area contributed by atoms with Crippen LogP contribution in [-0.4, -0.2) is 42.3 Å². The molecule has 0 spiro atoms. The van der Waals surface area contributed by atoms with E-state index in [0.29, 0.717) is 29.5 Å². The lowest BCUT2D eigenvalue weighted by atomic mass is 10.2. The SMILES string of the molecule is COCCOc1ccccc1C(=O)NCc1nc(C(=O)O)cs1. The number of amides is 1. The second kappa shape index (κ2) is 8.25. The highest BCUT2D eigenvalue weighted by Gasteiger charge is 2.13. The van der Waals surface area contributed by atoms with E-state index in [9.17, 15) is 9.59 Å². The molecule has 0 radical (unpaired) electrons. The van der Waals surface area contributed by atoms with Gasteiger partial charge in [0.25, 0.3) is 5.91 Å². The van der Waals surface area contributed by atoms with Crippen molar-refractivity contribution in [2.45, 2.75) is 6.54 Å². The van der Waals surface area contributed by atoms with Crippen molar-refractivity contribution in [3.05, 3.63) is 45.9 Å². The number of benzene rings is 1. The second-order valence-electron chi connectivity index (χ2n) is 4.45. The highest BCUT2D eigenvalue weighted by atomic mass is 32.1. The van der Waals surface area contributed by atoms with Crippen LogP contribution in [-0.2, 0) is 11.3 Å². The Morgan fingerprint density at radius 3 is 2.78 bits per heavy atom. The first-order chi connectivity index (χ1) is 11.1. The third-order valence-corrected chi connectivity index (χ3v) is 3.70. The summed E-state index contributed by atoms with van der Waals surface area (Å²) in [5, 5.41) is 13.5. The van der Waals surface area contributed by atoms with Crippen molar-refractivity contribution in [3.8, 4) is 5.75 Å². The smallest absolute Gasteiger partial charge is 0.355 e. The van der Waals surface area contributed by atoms with E-state index in [1.807, 2.05) is 0 Å². The van der Waals surface area contributed by atoms with Crippen molar-refractivity contribution >= 4 is 23.2 Å². The maximum absolute atomic E-state index is 12.3. The van der Waals surface area contributed by atoms with Gasteiger partial charge in [0.2, 0.25) is 0 Å². The zero-order chi connectivity index (χ0) is 16.7. The summed E-state index contributed by atoms with van der Waals surface area (Å²) in [6.07, 6.45) is 0. The Balaban J connectivity index is 1.98. The van der Waals surface area contributed by atoms with Gasteiger partial charge in [0.1, 0.15) is 17.4 Å². The molecule has 1 aromatic carbocycles. The molecule has 0 fully saturated rings. The molecule has 1 amide bonds. The number of carbonyl (C=O) groups excluding carboxylic acids is 1. The van der Waals surface area contributed by atoms with Gasteiger partial charge in [-0.25, -0.2) is 9.78 Å². The number of nitrogens with zero attached hydrogens (tertiary/aromatic N) is 1. The number of carbonyl (C=O) groups is 2. The monoisotopic (exact) mass is 336 g/mol. The molecule has 23 heavy (non-hydrogen) atoms. The van der Waals surface area contributed by atoms with Gasteiger partial charge in [0.15, 0.2) is 5.69 Å². The Labute approximate surface area is 136 Å². The van der Waals surface area contributed by atoms with Crippen molar-refractivity contribution in [1.29, 1.82) is 0 Å². The molecule has 0 saturated carbocycles. The summed E-state index contributed by atoms with van der Waals surface area (Å²) in [5.41, 5.74) is 0.376. The van der Waals surface area contributed by atoms with Crippen LogP contribution in [0.15, 0.2) is 29.6 Å². The Bertz CT molecular complexity index is 686. The van der Waals surface area contributed by atoms with E-state index >= 15 is 0 Å². The van der Waals surface area contributed by atoms with Crippen LogP contribution in [0.4, 0.5) is 0 Å². The molecule has 2 N–H and O–H groups in total. The average Bonchev–Trinajstić information content (AvgIpc) is 3.02. The van der Waals surface area contributed by atoms with Gasteiger partial charge in [-0.2, -0.15) is 0 Å². The topological polar surface area (TPSA) is 97.8 Å². The molecule has 0 aliphatic carbocycles. The van der Waals surface area contributed by atoms with Gasteiger partial charge in [-0.3, -0.25) is 4.79 Å². The number of hydrogen-bond donors (Lipinski definition) is 2. The molecule has 1 aromatic heterocycles. The van der Waals surface area contributed by atoms with E-state index in [0.717, 1.165) is 0 Å². The standard InChI is InChI=1S/C15H16N2O5S/c1-21-6-7-22-12-5-3-2-4-10(12)14(18)16-8-13-17-11(9-23-13)15(19)20/h2-5,9H,6-8H2,1H3,(H,16,18)(H,19,20). The van der Waals surface area contributed by atoms with Crippen molar-refractivity contribution in [2.75, 3.05) is 20.3 Å². The third-order valence-electron chi connectivity index (χ3n) is 2.85. The van der Waals surface area contributed by atoms with Crippen molar-refractivity contribution < 1.29 is 24.2 Å². The maximum atomic E-state index is 12.3.